The molecule has 0 amide bonds. The Morgan fingerprint density at radius 3 is 2.67 bits per heavy atom. The maximum absolute atomic E-state index is 6.34. The van der Waals surface area contributed by atoms with Crippen molar-refractivity contribution in [1.29, 1.82) is 0 Å². The van der Waals surface area contributed by atoms with Crippen LogP contribution < -0.4 is 10.5 Å². The van der Waals surface area contributed by atoms with E-state index in [4.69, 9.17) is 15.5 Å². The van der Waals surface area contributed by atoms with Gasteiger partial charge in [0.05, 0.1) is 5.52 Å². The summed E-state index contributed by atoms with van der Waals surface area (Å²) < 4.78 is 5.88. The van der Waals surface area contributed by atoms with E-state index in [1.165, 1.54) is 5.56 Å². The van der Waals surface area contributed by atoms with E-state index in [9.17, 15) is 0 Å². The number of anilines is 1. The monoisotopic (exact) mass is 276 g/mol. The van der Waals surface area contributed by atoms with Gasteiger partial charge in [0.15, 0.2) is 0 Å². The minimum Gasteiger partial charge on any atom is -0.457 e. The molecule has 0 saturated carbocycles. The predicted octanol–water partition coefficient (Wildman–Crippen LogP) is 4.10. The van der Waals surface area contributed by atoms with Crippen molar-refractivity contribution in [3.63, 3.8) is 0 Å². The first kappa shape index (κ1) is 12.2. The molecule has 2 aromatic carbocycles. The maximum Gasteiger partial charge on any atom is 0.128 e. The minimum absolute atomic E-state index is 0.792. The van der Waals surface area contributed by atoms with Crippen LogP contribution in [0.4, 0.5) is 5.69 Å². The highest BCUT2D eigenvalue weighted by molar-refractivity contribution is 5.93. The maximum atomic E-state index is 6.34. The Hall–Kier alpha value is -2.55. The van der Waals surface area contributed by atoms with Crippen molar-refractivity contribution in [3.05, 3.63) is 59.8 Å². The first-order chi connectivity index (χ1) is 10.3. The number of rotatable bonds is 2. The van der Waals surface area contributed by atoms with Crippen LogP contribution in [-0.2, 0) is 12.8 Å². The van der Waals surface area contributed by atoms with Gasteiger partial charge in [0.1, 0.15) is 11.5 Å². The molecule has 0 fully saturated rings. The summed E-state index contributed by atoms with van der Waals surface area (Å²) in [6.45, 7) is 0. The molecule has 0 atom stereocenters. The molecule has 0 aliphatic heterocycles. The lowest BCUT2D eigenvalue weighted by molar-refractivity contribution is 0.483. The summed E-state index contributed by atoms with van der Waals surface area (Å²) in [6.07, 6.45) is 3.22. The number of pyridine rings is 1. The van der Waals surface area contributed by atoms with Gasteiger partial charge in [-0.1, -0.05) is 18.2 Å². The van der Waals surface area contributed by atoms with Gasteiger partial charge in [-0.2, -0.15) is 0 Å². The molecule has 0 saturated heterocycles. The van der Waals surface area contributed by atoms with Gasteiger partial charge in [0.2, 0.25) is 0 Å². The molecular weight excluding hydrogens is 260 g/mol. The quantitative estimate of drug-likeness (QED) is 0.766. The number of para-hydroxylation sites is 1. The van der Waals surface area contributed by atoms with Crippen LogP contribution in [0.5, 0.6) is 11.5 Å². The van der Waals surface area contributed by atoms with Crippen LogP contribution in [0.2, 0.25) is 0 Å². The Balaban J connectivity index is 1.79. The van der Waals surface area contributed by atoms with Crippen molar-refractivity contribution < 1.29 is 4.74 Å². The molecule has 3 nitrogen and oxygen atoms in total. The summed E-state index contributed by atoms with van der Waals surface area (Å²) in [4.78, 5) is 4.73. The molecule has 0 unspecified atom stereocenters. The van der Waals surface area contributed by atoms with Gasteiger partial charge in [0.25, 0.3) is 0 Å². The zero-order chi connectivity index (χ0) is 14.2. The summed E-state index contributed by atoms with van der Waals surface area (Å²) in [6, 6.07) is 15.7. The van der Waals surface area contributed by atoms with Crippen molar-refractivity contribution in [2.45, 2.75) is 19.3 Å². The SMILES string of the molecule is Nc1c2c(nc3ccc(Oc4ccccc4)cc13)CCC2. The molecule has 3 aromatic rings. The highest BCUT2D eigenvalue weighted by atomic mass is 16.5. The van der Waals surface area contributed by atoms with E-state index in [0.717, 1.165) is 53.0 Å². The van der Waals surface area contributed by atoms with Crippen molar-refractivity contribution in [1.82, 2.24) is 4.98 Å². The second kappa shape index (κ2) is 4.77. The highest BCUT2D eigenvalue weighted by Gasteiger charge is 2.18. The van der Waals surface area contributed by atoms with E-state index < -0.39 is 0 Å². The van der Waals surface area contributed by atoms with E-state index in [1.54, 1.807) is 0 Å². The third kappa shape index (κ3) is 2.11. The van der Waals surface area contributed by atoms with Crippen LogP contribution in [0.15, 0.2) is 48.5 Å². The number of fused-ring (bicyclic) bond motifs is 2. The summed E-state index contributed by atoms with van der Waals surface area (Å²) in [5, 5.41) is 0.990. The number of nitrogen functional groups attached to an aromatic ring is 1. The Morgan fingerprint density at radius 1 is 0.952 bits per heavy atom. The first-order valence-electron chi connectivity index (χ1n) is 7.25. The Morgan fingerprint density at radius 2 is 1.81 bits per heavy atom. The molecule has 0 bridgehead atoms. The zero-order valence-electron chi connectivity index (χ0n) is 11.7. The molecule has 3 heteroatoms. The second-order valence-electron chi connectivity index (χ2n) is 5.40. The third-order valence-corrected chi connectivity index (χ3v) is 4.01. The fourth-order valence-electron chi connectivity index (χ4n) is 2.97. The third-order valence-electron chi connectivity index (χ3n) is 4.01. The van der Waals surface area contributed by atoms with Crippen LogP contribution in [0, 0.1) is 0 Å². The van der Waals surface area contributed by atoms with Gasteiger partial charge in [-0.15, -0.1) is 0 Å². The normalized spacial score (nSPS) is 13.3. The lowest BCUT2D eigenvalue weighted by atomic mass is 10.1. The van der Waals surface area contributed by atoms with Crippen molar-refractivity contribution in [2.24, 2.45) is 0 Å². The summed E-state index contributed by atoms with van der Waals surface area (Å²) in [7, 11) is 0. The summed E-state index contributed by atoms with van der Waals surface area (Å²) in [5.41, 5.74) is 10.5. The molecule has 4 rings (SSSR count). The lowest BCUT2D eigenvalue weighted by Crippen LogP contribution is -1.98. The van der Waals surface area contributed by atoms with Gasteiger partial charge in [-0.25, -0.2) is 0 Å². The predicted molar refractivity (Wildman–Crippen MR) is 84.7 cm³/mol. The second-order valence-corrected chi connectivity index (χ2v) is 5.40. The van der Waals surface area contributed by atoms with Crippen LogP contribution in [0.3, 0.4) is 0 Å². The minimum atomic E-state index is 0.792. The van der Waals surface area contributed by atoms with Crippen LogP contribution in [0.1, 0.15) is 17.7 Å². The number of aromatic nitrogens is 1. The summed E-state index contributed by atoms with van der Waals surface area (Å²) >= 11 is 0. The molecule has 2 N–H and O–H groups in total. The molecule has 21 heavy (non-hydrogen) atoms. The molecule has 1 aliphatic rings. The molecule has 0 spiro atoms. The first-order valence-corrected chi connectivity index (χ1v) is 7.25. The number of nitrogens with two attached hydrogens (primary N) is 1. The molecule has 0 radical (unpaired) electrons. The van der Waals surface area contributed by atoms with Gasteiger partial charge >= 0.3 is 0 Å². The highest BCUT2D eigenvalue weighted by Crippen LogP contribution is 2.34. The standard InChI is InChI=1S/C18H16N2O/c19-18-14-7-4-8-16(14)20-17-10-9-13(11-15(17)18)21-12-5-2-1-3-6-12/h1-3,5-6,9-11H,4,7-8H2,(H2,19,20). The summed E-state index contributed by atoms with van der Waals surface area (Å²) in [5.74, 6) is 1.62. The number of hydrogen-bond donors (Lipinski definition) is 1. The molecule has 1 aliphatic carbocycles. The van der Waals surface area contributed by atoms with Crippen molar-refractivity contribution in [3.8, 4) is 11.5 Å². The lowest BCUT2D eigenvalue weighted by Gasteiger charge is -2.10. The van der Waals surface area contributed by atoms with E-state index >= 15 is 0 Å². The van der Waals surface area contributed by atoms with E-state index in [1.807, 2.05) is 48.5 Å². The Labute approximate surface area is 123 Å². The Bertz CT molecular complexity index is 812. The van der Waals surface area contributed by atoms with Crippen LogP contribution in [-0.4, -0.2) is 4.98 Å². The van der Waals surface area contributed by atoms with Crippen LogP contribution >= 0.6 is 0 Å². The van der Waals surface area contributed by atoms with Gasteiger partial charge in [-0.05, 0) is 55.2 Å². The molecule has 104 valence electrons. The average molecular weight is 276 g/mol. The number of benzene rings is 2. The molecule has 1 heterocycles. The molecular formula is C18H16N2O. The number of nitrogens with zero attached hydrogens (tertiary/aromatic N) is 1. The van der Waals surface area contributed by atoms with Crippen molar-refractivity contribution in [2.75, 3.05) is 5.73 Å². The fourth-order valence-corrected chi connectivity index (χ4v) is 2.97. The smallest absolute Gasteiger partial charge is 0.128 e. The van der Waals surface area contributed by atoms with Crippen molar-refractivity contribution >= 4 is 16.6 Å². The van der Waals surface area contributed by atoms with E-state index in [2.05, 4.69) is 0 Å². The van der Waals surface area contributed by atoms with Crippen LogP contribution in [0.25, 0.3) is 10.9 Å². The zero-order valence-corrected chi connectivity index (χ0v) is 11.7. The van der Waals surface area contributed by atoms with Gasteiger partial charge < -0.3 is 10.5 Å². The van der Waals surface area contributed by atoms with E-state index in [-0.39, 0.29) is 0 Å². The molecule has 1 aromatic heterocycles. The van der Waals surface area contributed by atoms with Gasteiger partial charge in [0, 0.05) is 16.8 Å². The average Bonchev–Trinajstić information content (AvgIpc) is 2.98. The van der Waals surface area contributed by atoms with E-state index in [0.29, 0.717) is 0 Å². The number of aryl methyl sites for hydroxylation is 1. The Kier molecular flexibility index (Phi) is 2.78. The van der Waals surface area contributed by atoms with Gasteiger partial charge in [-0.3, -0.25) is 4.98 Å². The number of ether oxygens (including phenoxy) is 1. The number of hydrogen-bond acceptors (Lipinski definition) is 3. The topological polar surface area (TPSA) is 48.1 Å². The fraction of sp³-hybridized carbons (Fsp3) is 0.167. The largest absolute Gasteiger partial charge is 0.457 e.